The fraction of sp³-hybridized carbons (Fsp3) is 0.571. The van der Waals surface area contributed by atoms with E-state index in [1.165, 1.54) is 0 Å². The van der Waals surface area contributed by atoms with Crippen LogP contribution in [0.25, 0.3) is 0 Å². The van der Waals surface area contributed by atoms with E-state index in [9.17, 15) is 0 Å². The average molecular weight is 253 g/mol. The second kappa shape index (κ2) is 5.96. The van der Waals surface area contributed by atoms with Crippen LogP contribution in [0.3, 0.4) is 0 Å². The SMILES string of the molecule is CNCC(C)(C)c1cc(OC)c(OC)c(OC)c1. The third kappa shape index (κ3) is 2.88. The van der Waals surface area contributed by atoms with Crippen molar-refractivity contribution in [3.05, 3.63) is 17.7 Å². The third-order valence-electron chi connectivity index (χ3n) is 3.06. The van der Waals surface area contributed by atoms with Gasteiger partial charge in [0.2, 0.25) is 5.75 Å². The van der Waals surface area contributed by atoms with Gasteiger partial charge in [-0.05, 0) is 24.7 Å². The zero-order chi connectivity index (χ0) is 13.8. The first kappa shape index (κ1) is 14.6. The Morgan fingerprint density at radius 1 is 1.00 bits per heavy atom. The van der Waals surface area contributed by atoms with Crippen molar-refractivity contribution >= 4 is 0 Å². The van der Waals surface area contributed by atoms with Gasteiger partial charge in [0, 0.05) is 12.0 Å². The molecule has 0 atom stereocenters. The lowest BCUT2D eigenvalue weighted by Gasteiger charge is -2.26. The van der Waals surface area contributed by atoms with Crippen LogP contribution in [0, 0.1) is 0 Å². The van der Waals surface area contributed by atoms with Gasteiger partial charge in [-0.3, -0.25) is 0 Å². The number of methoxy groups -OCH3 is 3. The van der Waals surface area contributed by atoms with Crippen molar-refractivity contribution in [3.8, 4) is 17.2 Å². The molecule has 0 bridgehead atoms. The number of likely N-dealkylation sites (N-methyl/N-ethyl adjacent to an activating group) is 1. The molecule has 1 N–H and O–H groups in total. The molecule has 18 heavy (non-hydrogen) atoms. The Balaban J connectivity index is 3.31. The first-order chi connectivity index (χ1) is 8.50. The summed E-state index contributed by atoms with van der Waals surface area (Å²) in [6.07, 6.45) is 0. The number of hydrogen-bond donors (Lipinski definition) is 1. The van der Waals surface area contributed by atoms with E-state index in [0.29, 0.717) is 17.2 Å². The molecule has 0 heterocycles. The second-order valence-electron chi connectivity index (χ2n) is 4.83. The summed E-state index contributed by atoms with van der Waals surface area (Å²) in [7, 11) is 6.82. The lowest BCUT2D eigenvalue weighted by atomic mass is 9.84. The van der Waals surface area contributed by atoms with E-state index >= 15 is 0 Å². The zero-order valence-corrected chi connectivity index (χ0v) is 12.1. The molecule has 4 nitrogen and oxygen atoms in total. The summed E-state index contributed by atoms with van der Waals surface area (Å²) < 4.78 is 16.1. The van der Waals surface area contributed by atoms with Crippen molar-refractivity contribution in [2.24, 2.45) is 0 Å². The van der Waals surface area contributed by atoms with E-state index in [4.69, 9.17) is 14.2 Å². The van der Waals surface area contributed by atoms with Crippen molar-refractivity contribution in [3.63, 3.8) is 0 Å². The maximum Gasteiger partial charge on any atom is 0.203 e. The Kier molecular flexibility index (Phi) is 4.84. The predicted octanol–water partition coefficient (Wildman–Crippen LogP) is 2.21. The number of hydrogen-bond acceptors (Lipinski definition) is 4. The van der Waals surface area contributed by atoms with E-state index in [1.807, 2.05) is 19.2 Å². The van der Waals surface area contributed by atoms with Crippen LogP contribution in [-0.2, 0) is 5.41 Å². The number of nitrogens with one attached hydrogen (secondary N) is 1. The number of ether oxygens (including phenoxy) is 3. The minimum Gasteiger partial charge on any atom is -0.493 e. The van der Waals surface area contributed by atoms with Crippen LogP contribution in [0.2, 0.25) is 0 Å². The summed E-state index contributed by atoms with van der Waals surface area (Å²) in [5.41, 5.74) is 1.13. The van der Waals surface area contributed by atoms with Crippen LogP contribution in [-0.4, -0.2) is 34.9 Å². The van der Waals surface area contributed by atoms with Crippen LogP contribution in [0.5, 0.6) is 17.2 Å². The molecule has 0 aliphatic heterocycles. The lowest BCUT2D eigenvalue weighted by molar-refractivity contribution is 0.322. The highest BCUT2D eigenvalue weighted by Crippen LogP contribution is 2.41. The summed E-state index contributed by atoms with van der Waals surface area (Å²) in [6, 6.07) is 4.00. The Morgan fingerprint density at radius 3 is 1.83 bits per heavy atom. The molecule has 0 aliphatic rings. The van der Waals surface area contributed by atoms with Gasteiger partial charge in [0.15, 0.2) is 11.5 Å². The summed E-state index contributed by atoms with van der Waals surface area (Å²) in [5, 5.41) is 3.20. The molecule has 0 spiro atoms. The molecule has 0 aromatic heterocycles. The van der Waals surface area contributed by atoms with Gasteiger partial charge in [0.1, 0.15) is 0 Å². The van der Waals surface area contributed by atoms with Gasteiger partial charge in [-0.2, -0.15) is 0 Å². The molecule has 0 saturated carbocycles. The van der Waals surface area contributed by atoms with Crippen molar-refractivity contribution in [1.82, 2.24) is 5.32 Å². The Morgan fingerprint density at radius 2 is 1.50 bits per heavy atom. The van der Waals surface area contributed by atoms with E-state index in [0.717, 1.165) is 12.1 Å². The van der Waals surface area contributed by atoms with Crippen LogP contribution < -0.4 is 19.5 Å². The van der Waals surface area contributed by atoms with Crippen LogP contribution in [0.4, 0.5) is 0 Å². The molecule has 0 radical (unpaired) electrons. The van der Waals surface area contributed by atoms with Crippen molar-refractivity contribution < 1.29 is 14.2 Å². The maximum atomic E-state index is 5.37. The van der Waals surface area contributed by atoms with Gasteiger partial charge in [0.25, 0.3) is 0 Å². The van der Waals surface area contributed by atoms with E-state index in [-0.39, 0.29) is 5.41 Å². The van der Waals surface area contributed by atoms with Crippen LogP contribution >= 0.6 is 0 Å². The predicted molar refractivity (Wildman–Crippen MR) is 73.1 cm³/mol. The lowest BCUT2D eigenvalue weighted by Crippen LogP contribution is -2.30. The molecule has 1 aromatic rings. The minimum atomic E-state index is -0.0123. The van der Waals surface area contributed by atoms with Gasteiger partial charge in [-0.25, -0.2) is 0 Å². The minimum absolute atomic E-state index is 0.0123. The normalized spacial score (nSPS) is 11.2. The summed E-state index contributed by atoms with van der Waals surface area (Å²) in [6.45, 7) is 5.21. The average Bonchev–Trinajstić information content (AvgIpc) is 2.36. The molecule has 0 amide bonds. The first-order valence-electron chi connectivity index (χ1n) is 5.95. The summed E-state index contributed by atoms with van der Waals surface area (Å²) in [4.78, 5) is 0. The summed E-state index contributed by atoms with van der Waals surface area (Å²) >= 11 is 0. The van der Waals surface area contributed by atoms with Gasteiger partial charge >= 0.3 is 0 Å². The van der Waals surface area contributed by atoms with E-state index in [2.05, 4.69) is 19.2 Å². The zero-order valence-electron chi connectivity index (χ0n) is 12.1. The molecule has 1 aromatic carbocycles. The number of rotatable bonds is 6. The first-order valence-corrected chi connectivity index (χ1v) is 5.95. The van der Waals surface area contributed by atoms with Crippen molar-refractivity contribution in [2.75, 3.05) is 34.9 Å². The molecule has 0 aliphatic carbocycles. The quantitative estimate of drug-likeness (QED) is 0.843. The Bertz CT molecular complexity index is 377. The van der Waals surface area contributed by atoms with Gasteiger partial charge in [0.05, 0.1) is 21.3 Å². The topological polar surface area (TPSA) is 39.7 Å². The Labute approximate surface area is 109 Å². The molecule has 1 rings (SSSR count). The molecule has 0 saturated heterocycles. The monoisotopic (exact) mass is 253 g/mol. The number of benzene rings is 1. The van der Waals surface area contributed by atoms with Crippen molar-refractivity contribution in [2.45, 2.75) is 19.3 Å². The highest BCUT2D eigenvalue weighted by molar-refractivity contribution is 5.55. The fourth-order valence-electron chi connectivity index (χ4n) is 2.02. The van der Waals surface area contributed by atoms with Crippen LogP contribution in [0.15, 0.2) is 12.1 Å². The van der Waals surface area contributed by atoms with Gasteiger partial charge in [-0.15, -0.1) is 0 Å². The molecular formula is C14H23NO3. The fourth-order valence-corrected chi connectivity index (χ4v) is 2.02. The Hall–Kier alpha value is -1.42. The maximum absolute atomic E-state index is 5.37. The van der Waals surface area contributed by atoms with Crippen molar-refractivity contribution in [1.29, 1.82) is 0 Å². The second-order valence-corrected chi connectivity index (χ2v) is 4.83. The molecule has 0 unspecified atom stereocenters. The van der Waals surface area contributed by atoms with Crippen LogP contribution in [0.1, 0.15) is 19.4 Å². The summed E-state index contributed by atoms with van der Waals surface area (Å²) in [5.74, 6) is 2.01. The molecular weight excluding hydrogens is 230 g/mol. The third-order valence-corrected chi connectivity index (χ3v) is 3.06. The highest BCUT2D eigenvalue weighted by Gasteiger charge is 2.24. The van der Waals surface area contributed by atoms with E-state index in [1.54, 1.807) is 21.3 Å². The molecule has 102 valence electrons. The van der Waals surface area contributed by atoms with E-state index < -0.39 is 0 Å². The molecule has 0 fully saturated rings. The highest BCUT2D eigenvalue weighted by atomic mass is 16.5. The molecule has 4 heteroatoms. The smallest absolute Gasteiger partial charge is 0.203 e. The largest absolute Gasteiger partial charge is 0.493 e. The van der Waals surface area contributed by atoms with Gasteiger partial charge < -0.3 is 19.5 Å². The standard InChI is InChI=1S/C14H23NO3/c1-14(2,9-15-3)10-7-11(16-4)13(18-6)12(8-10)17-5/h7-8,15H,9H2,1-6H3. The van der Waals surface area contributed by atoms with Gasteiger partial charge in [-0.1, -0.05) is 13.8 Å².